The molecule has 0 bridgehead atoms. The molecule has 0 saturated heterocycles. The van der Waals surface area contributed by atoms with Crippen LogP contribution in [0.4, 0.5) is 5.69 Å². The van der Waals surface area contributed by atoms with Gasteiger partial charge in [-0.15, -0.1) is 0 Å². The number of amides is 1. The lowest BCUT2D eigenvalue weighted by Gasteiger charge is -2.14. The SMILES string of the molecule is C[C@H](OC(=O)c1cc(Br)ccc1O)C(=O)Nc1ccccc1. The van der Waals surface area contributed by atoms with Crippen molar-refractivity contribution in [3.05, 3.63) is 58.6 Å². The molecule has 2 rings (SSSR count). The van der Waals surface area contributed by atoms with Gasteiger partial charge in [0.2, 0.25) is 0 Å². The second-order valence-corrected chi connectivity index (χ2v) is 5.48. The van der Waals surface area contributed by atoms with Gasteiger partial charge in [-0.2, -0.15) is 0 Å². The Morgan fingerprint density at radius 3 is 2.55 bits per heavy atom. The first-order valence-corrected chi connectivity index (χ1v) is 7.32. The van der Waals surface area contributed by atoms with Crippen molar-refractivity contribution in [1.82, 2.24) is 0 Å². The highest BCUT2D eigenvalue weighted by Gasteiger charge is 2.21. The minimum atomic E-state index is -0.994. The number of esters is 1. The van der Waals surface area contributed by atoms with Crippen molar-refractivity contribution in [2.24, 2.45) is 0 Å². The Labute approximate surface area is 136 Å². The summed E-state index contributed by atoms with van der Waals surface area (Å²) in [7, 11) is 0. The van der Waals surface area contributed by atoms with Crippen molar-refractivity contribution in [2.75, 3.05) is 5.32 Å². The van der Waals surface area contributed by atoms with Crippen molar-refractivity contribution in [3.63, 3.8) is 0 Å². The van der Waals surface area contributed by atoms with Crippen molar-refractivity contribution < 1.29 is 19.4 Å². The van der Waals surface area contributed by atoms with Crippen LogP contribution in [0.2, 0.25) is 0 Å². The summed E-state index contributed by atoms with van der Waals surface area (Å²) < 4.78 is 5.70. The van der Waals surface area contributed by atoms with Gasteiger partial charge in [0, 0.05) is 10.2 Å². The summed E-state index contributed by atoms with van der Waals surface area (Å²) in [4.78, 5) is 24.0. The van der Waals surface area contributed by atoms with Crippen LogP contribution in [-0.4, -0.2) is 23.1 Å². The molecule has 1 amide bonds. The molecule has 114 valence electrons. The Morgan fingerprint density at radius 2 is 1.86 bits per heavy atom. The zero-order valence-electron chi connectivity index (χ0n) is 11.7. The number of hydrogen-bond donors (Lipinski definition) is 2. The van der Waals surface area contributed by atoms with Crippen LogP contribution < -0.4 is 5.32 Å². The normalized spacial score (nSPS) is 11.5. The Kier molecular flexibility index (Phi) is 5.16. The summed E-state index contributed by atoms with van der Waals surface area (Å²) in [5.74, 6) is -1.42. The zero-order valence-corrected chi connectivity index (χ0v) is 13.3. The topological polar surface area (TPSA) is 75.6 Å². The van der Waals surface area contributed by atoms with Crippen molar-refractivity contribution in [2.45, 2.75) is 13.0 Å². The van der Waals surface area contributed by atoms with Crippen LogP contribution >= 0.6 is 15.9 Å². The quantitative estimate of drug-likeness (QED) is 0.816. The third-order valence-electron chi connectivity index (χ3n) is 2.87. The summed E-state index contributed by atoms with van der Waals surface area (Å²) in [5.41, 5.74) is 0.606. The van der Waals surface area contributed by atoms with Crippen molar-refractivity contribution in [3.8, 4) is 5.75 Å². The molecule has 1 atom stereocenters. The number of hydrogen-bond acceptors (Lipinski definition) is 4. The van der Waals surface area contributed by atoms with Crippen LogP contribution in [0, 0.1) is 0 Å². The van der Waals surface area contributed by atoms with Gasteiger partial charge in [-0.05, 0) is 37.3 Å². The Bertz CT molecular complexity index is 688. The molecule has 0 spiro atoms. The molecule has 0 aliphatic rings. The largest absolute Gasteiger partial charge is 0.507 e. The number of nitrogens with one attached hydrogen (secondary N) is 1. The third-order valence-corrected chi connectivity index (χ3v) is 3.37. The first-order valence-electron chi connectivity index (χ1n) is 6.53. The maximum atomic E-state index is 12.0. The standard InChI is InChI=1S/C16H14BrNO4/c1-10(15(20)18-12-5-3-2-4-6-12)22-16(21)13-9-11(17)7-8-14(13)19/h2-10,19H,1H3,(H,18,20)/t10-/m0/s1. The molecule has 0 radical (unpaired) electrons. The van der Waals surface area contributed by atoms with Gasteiger partial charge in [0.15, 0.2) is 6.10 Å². The molecule has 0 aliphatic heterocycles. The highest BCUT2D eigenvalue weighted by molar-refractivity contribution is 9.10. The van der Waals surface area contributed by atoms with Crippen molar-refractivity contribution in [1.29, 1.82) is 0 Å². The van der Waals surface area contributed by atoms with E-state index in [-0.39, 0.29) is 11.3 Å². The first kappa shape index (κ1) is 16.0. The summed E-state index contributed by atoms with van der Waals surface area (Å²) in [6, 6.07) is 13.2. The molecular weight excluding hydrogens is 350 g/mol. The molecular formula is C16H14BrNO4. The molecule has 2 aromatic carbocycles. The second-order valence-electron chi connectivity index (χ2n) is 4.56. The van der Waals surface area contributed by atoms with E-state index < -0.39 is 18.0 Å². The van der Waals surface area contributed by atoms with Gasteiger partial charge in [-0.1, -0.05) is 34.1 Å². The molecule has 0 fully saturated rings. The summed E-state index contributed by atoms with van der Waals surface area (Å²) in [5, 5.41) is 12.3. The highest BCUT2D eigenvalue weighted by atomic mass is 79.9. The first-order chi connectivity index (χ1) is 10.5. The number of phenols is 1. The Hall–Kier alpha value is -2.34. The van der Waals surface area contributed by atoms with Crippen LogP contribution in [0.5, 0.6) is 5.75 Å². The number of phenolic OH excluding ortho intramolecular Hbond substituents is 1. The number of aromatic hydroxyl groups is 1. The van der Waals surface area contributed by atoms with Gasteiger partial charge in [-0.3, -0.25) is 4.79 Å². The Morgan fingerprint density at radius 1 is 1.18 bits per heavy atom. The molecule has 0 unspecified atom stereocenters. The number of carbonyl (C=O) groups is 2. The Balaban J connectivity index is 2.01. The van der Waals surface area contributed by atoms with E-state index in [0.717, 1.165) is 0 Å². The second kappa shape index (κ2) is 7.09. The number of benzene rings is 2. The van der Waals surface area contributed by atoms with E-state index in [1.807, 2.05) is 6.07 Å². The van der Waals surface area contributed by atoms with Gasteiger partial charge >= 0.3 is 5.97 Å². The van der Waals surface area contributed by atoms with Gasteiger partial charge in [0.25, 0.3) is 5.91 Å². The van der Waals surface area contributed by atoms with E-state index in [0.29, 0.717) is 10.2 Å². The van der Waals surface area contributed by atoms with E-state index in [2.05, 4.69) is 21.2 Å². The number of ether oxygens (including phenoxy) is 1. The average molecular weight is 364 g/mol. The molecule has 0 aliphatic carbocycles. The van der Waals surface area contributed by atoms with E-state index >= 15 is 0 Å². The molecule has 2 aromatic rings. The number of carbonyl (C=O) groups excluding carboxylic acids is 2. The highest BCUT2D eigenvalue weighted by Crippen LogP contribution is 2.23. The molecule has 0 heterocycles. The lowest BCUT2D eigenvalue weighted by molar-refractivity contribution is -0.123. The number of para-hydroxylation sites is 1. The fraction of sp³-hybridized carbons (Fsp3) is 0.125. The fourth-order valence-electron chi connectivity index (χ4n) is 1.71. The molecule has 22 heavy (non-hydrogen) atoms. The van der Waals surface area contributed by atoms with Gasteiger partial charge in [0.05, 0.1) is 0 Å². The third kappa shape index (κ3) is 4.08. The van der Waals surface area contributed by atoms with E-state index in [9.17, 15) is 14.7 Å². The monoisotopic (exact) mass is 363 g/mol. The maximum absolute atomic E-state index is 12.0. The summed E-state index contributed by atoms with van der Waals surface area (Å²) in [6.45, 7) is 1.46. The zero-order chi connectivity index (χ0) is 16.1. The van der Waals surface area contributed by atoms with E-state index in [1.54, 1.807) is 30.3 Å². The molecule has 5 nitrogen and oxygen atoms in total. The number of halogens is 1. The van der Waals surface area contributed by atoms with Gasteiger partial charge in [0.1, 0.15) is 11.3 Å². The van der Waals surface area contributed by atoms with Crippen LogP contribution in [0.25, 0.3) is 0 Å². The summed E-state index contributed by atoms with van der Waals surface area (Å²) in [6.07, 6.45) is -0.994. The van der Waals surface area contributed by atoms with Gasteiger partial charge in [-0.25, -0.2) is 4.79 Å². The average Bonchev–Trinajstić information content (AvgIpc) is 2.50. The van der Waals surface area contributed by atoms with Crippen LogP contribution in [0.1, 0.15) is 17.3 Å². The lowest BCUT2D eigenvalue weighted by Crippen LogP contribution is -2.30. The van der Waals surface area contributed by atoms with Crippen LogP contribution in [0.15, 0.2) is 53.0 Å². The number of rotatable bonds is 4. The van der Waals surface area contributed by atoms with Crippen LogP contribution in [0.3, 0.4) is 0 Å². The van der Waals surface area contributed by atoms with Gasteiger partial charge < -0.3 is 15.2 Å². The predicted octanol–water partition coefficient (Wildman–Crippen LogP) is 3.34. The smallest absolute Gasteiger partial charge is 0.342 e. The van der Waals surface area contributed by atoms with Crippen molar-refractivity contribution >= 4 is 33.5 Å². The van der Waals surface area contributed by atoms with E-state index in [4.69, 9.17) is 4.74 Å². The summed E-state index contributed by atoms with van der Waals surface area (Å²) >= 11 is 3.21. The lowest BCUT2D eigenvalue weighted by atomic mass is 10.2. The molecule has 6 heteroatoms. The van der Waals surface area contributed by atoms with Crippen LogP contribution in [-0.2, 0) is 9.53 Å². The number of anilines is 1. The minimum absolute atomic E-state index is 0.00580. The maximum Gasteiger partial charge on any atom is 0.342 e. The molecule has 0 aromatic heterocycles. The fourth-order valence-corrected chi connectivity index (χ4v) is 2.08. The van der Waals surface area contributed by atoms with E-state index in [1.165, 1.54) is 19.1 Å². The molecule has 0 saturated carbocycles. The minimum Gasteiger partial charge on any atom is -0.507 e. The predicted molar refractivity (Wildman–Crippen MR) is 85.8 cm³/mol. The molecule has 2 N–H and O–H groups in total.